The van der Waals surface area contributed by atoms with Gasteiger partial charge in [0.15, 0.2) is 5.84 Å². The first-order chi connectivity index (χ1) is 14.2. The number of hydrogen-bond donors (Lipinski definition) is 1. The van der Waals surface area contributed by atoms with Crippen molar-refractivity contribution in [1.82, 2.24) is 5.01 Å². The van der Waals surface area contributed by atoms with Crippen LogP contribution in [0.2, 0.25) is 0 Å². The van der Waals surface area contributed by atoms with Gasteiger partial charge in [0, 0.05) is 11.5 Å². The van der Waals surface area contributed by atoms with Crippen LogP contribution in [0.1, 0.15) is 37.9 Å². The van der Waals surface area contributed by atoms with Gasteiger partial charge in [-0.15, -0.1) is 0 Å². The van der Waals surface area contributed by atoms with E-state index in [-0.39, 0.29) is 11.4 Å². The second-order valence-electron chi connectivity index (χ2n) is 7.36. The molecule has 1 saturated carbocycles. The van der Waals surface area contributed by atoms with E-state index in [1.54, 1.807) is 12.1 Å². The number of fused-ring (bicyclic) bond motifs is 1. The summed E-state index contributed by atoms with van der Waals surface area (Å²) in [5, 5.41) is 16.1. The van der Waals surface area contributed by atoms with Crippen molar-refractivity contribution in [2.45, 2.75) is 32.1 Å². The van der Waals surface area contributed by atoms with Crippen LogP contribution < -0.4 is 0 Å². The van der Waals surface area contributed by atoms with Crippen LogP contribution in [0.3, 0.4) is 0 Å². The molecule has 3 aliphatic rings. The molecule has 0 spiro atoms. The van der Waals surface area contributed by atoms with Crippen molar-refractivity contribution < 1.29 is 9.21 Å². The van der Waals surface area contributed by atoms with Gasteiger partial charge in [-0.1, -0.05) is 49.6 Å². The summed E-state index contributed by atoms with van der Waals surface area (Å²) in [7, 11) is 0. The summed E-state index contributed by atoms with van der Waals surface area (Å²) in [6.07, 6.45) is 7.50. The third-order valence-corrected chi connectivity index (χ3v) is 6.47. The third-order valence-electron chi connectivity index (χ3n) is 5.40. The highest BCUT2D eigenvalue weighted by Crippen LogP contribution is 2.36. The van der Waals surface area contributed by atoms with Crippen molar-refractivity contribution >= 4 is 39.8 Å². The minimum atomic E-state index is -0.425. The van der Waals surface area contributed by atoms with Crippen LogP contribution in [-0.2, 0) is 4.79 Å². The van der Waals surface area contributed by atoms with Crippen LogP contribution in [0.4, 0.5) is 0 Å². The summed E-state index contributed by atoms with van der Waals surface area (Å²) in [5.74, 6) is 1.27. The monoisotopic (exact) mass is 404 g/mol. The minimum Gasteiger partial charge on any atom is -0.457 e. The van der Waals surface area contributed by atoms with Crippen LogP contribution in [-0.4, -0.2) is 27.0 Å². The highest BCUT2D eigenvalue weighted by Gasteiger charge is 2.38. The molecule has 0 atom stereocenters. The molecule has 0 saturated heterocycles. The van der Waals surface area contributed by atoms with Gasteiger partial charge in [-0.3, -0.25) is 10.2 Å². The van der Waals surface area contributed by atoms with E-state index in [4.69, 9.17) is 9.83 Å². The van der Waals surface area contributed by atoms with Gasteiger partial charge in [0.2, 0.25) is 5.17 Å². The summed E-state index contributed by atoms with van der Waals surface area (Å²) in [6.45, 7) is 0. The second kappa shape index (κ2) is 7.48. The van der Waals surface area contributed by atoms with Crippen molar-refractivity contribution in [1.29, 1.82) is 5.41 Å². The number of carbonyl (C=O) groups is 1. The zero-order valence-electron chi connectivity index (χ0n) is 15.8. The van der Waals surface area contributed by atoms with Gasteiger partial charge < -0.3 is 4.42 Å². The summed E-state index contributed by atoms with van der Waals surface area (Å²) in [4.78, 5) is 16.8. The van der Waals surface area contributed by atoms with E-state index < -0.39 is 5.91 Å². The van der Waals surface area contributed by atoms with E-state index in [1.807, 2.05) is 36.4 Å². The first kappa shape index (κ1) is 18.1. The molecule has 7 heteroatoms. The number of hydrazone groups is 1. The molecular weight excluding hydrogens is 384 g/mol. The number of furan rings is 1. The molecule has 2 aromatic rings. The van der Waals surface area contributed by atoms with E-state index in [9.17, 15) is 4.79 Å². The molecule has 6 nitrogen and oxygen atoms in total. The molecule has 1 aromatic carbocycles. The van der Waals surface area contributed by atoms with Crippen molar-refractivity contribution in [2.75, 3.05) is 0 Å². The number of amides is 1. The fourth-order valence-corrected chi connectivity index (χ4v) is 4.91. The van der Waals surface area contributed by atoms with Gasteiger partial charge in [0.05, 0.1) is 5.57 Å². The lowest BCUT2D eigenvalue weighted by molar-refractivity contribution is -0.114. The number of benzene rings is 1. The van der Waals surface area contributed by atoms with E-state index in [0.29, 0.717) is 22.6 Å². The van der Waals surface area contributed by atoms with E-state index in [1.165, 1.54) is 36.0 Å². The van der Waals surface area contributed by atoms with Gasteiger partial charge in [0.25, 0.3) is 5.91 Å². The number of nitrogens with zero attached hydrogens (tertiary/aromatic N) is 3. The molecule has 0 radical (unpaired) electrons. The van der Waals surface area contributed by atoms with E-state index >= 15 is 0 Å². The average molecular weight is 404 g/mol. The van der Waals surface area contributed by atoms with Gasteiger partial charge >= 0.3 is 0 Å². The Kier molecular flexibility index (Phi) is 4.67. The summed E-state index contributed by atoms with van der Waals surface area (Å²) in [6, 6.07) is 13.4. The van der Waals surface area contributed by atoms with Crippen LogP contribution in [0.5, 0.6) is 0 Å². The SMILES string of the molecule is N=C1C(=Cc2ccc(-c3ccccc3)o2)C(=O)N=C2SC(C3CCCCC3)=NN12. The molecule has 5 rings (SSSR count). The molecule has 1 aliphatic carbocycles. The molecule has 1 amide bonds. The quantitative estimate of drug-likeness (QED) is 0.718. The molecule has 146 valence electrons. The summed E-state index contributed by atoms with van der Waals surface area (Å²) < 4.78 is 5.86. The smallest absolute Gasteiger partial charge is 0.283 e. The molecule has 29 heavy (non-hydrogen) atoms. The average Bonchev–Trinajstić information content (AvgIpc) is 3.40. The lowest BCUT2D eigenvalue weighted by Gasteiger charge is -2.20. The molecule has 1 aromatic heterocycles. The maximum absolute atomic E-state index is 12.6. The van der Waals surface area contributed by atoms with Gasteiger partial charge in [-0.25, -0.2) is 0 Å². The Morgan fingerprint density at radius 1 is 1.10 bits per heavy atom. The number of carbonyl (C=O) groups excluding carboxylic acids is 1. The number of rotatable bonds is 3. The van der Waals surface area contributed by atoms with E-state index in [0.717, 1.165) is 23.4 Å². The van der Waals surface area contributed by atoms with Crippen LogP contribution in [0.15, 0.2) is 62.5 Å². The highest BCUT2D eigenvalue weighted by atomic mass is 32.2. The Hall–Kier alpha value is -2.93. The van der Waals surface area contributed by atoms with Crippen LogP contribution in [0.25, 0.3) is 17.4 Å². The lowest BCUT2D eigenvalue weighted by Crippen LogP contribution is -2.35. The standard InChI is InChI=1S/C22H20N4O2S/c23-19-17(13-16-11-12-18(28-16)14-7-3-1-4-8-14)20(27)24-22-26(19)25-21(29-22)15-9-5-2-6-10-15/h1,3-4,7-8,11-13,15,23H,2,5-6,9-10H2. The first-order valence-corrected chi connectivity index (χ1v) is 10.7. The van der Waals surface area contributed by atoms with Gasteiger partial charge in [0.1, 0.15) is 16.6 Å². The number of thioether (sulfide) groups is 1. The van der Waals surface area contributed by atoms with E-state index in [2.05, 4.69) is 10.1 Å². The molecule has 1 N–H and O–H groups in total. The molecule has 2 aliphatic heterocycles. The Labute approximate surface area is 172 Å². The van der Waals surface area contributed by atoms with Crippen molar-refractivity contribution in [3.05, 3.63) is 53.8 Å². The number of aliphatic imine (C=N–C) groups is 1. The Morgan fingerprint density at radius 2 is 1.90 bits per heavy atom. The zero-order chi connectivity index (χ0) is 19.8. The lowest BCUT2D eigenvalue weighted by atomic mass is 9.90. The normalized spacial score (nSPS) is 21.4. The van der Waals surface area contributed by atoms with Gasteiger partial charge in [-0.05, 0) is 42.8 Å². The molecule has 0 unspecified atom stereocenters. The number of amidine groups is 2. The Balaban J connectivity index is 1.41. The number of hydrogen-bond acceptors (Lipinski definition) is 5. The van der Waals surface area contributed by atoms with Crippen LogP contribution >= 0.6 is 11.8 Å². The third kappa shape index (κ3) is 3.46. The zero-order valence-corrected chi connectivity index (χ0v) is 16.6. The predicted molar refractivity (Wildman–Crippen MR) is 116 cm³/mol. The topological polar surface area (TPSA) is 82.0 Å². The molecule has 1 fully saturated rings. The van der Waals surface area contributed by atoms with Crippen molar-refractivity contribution in [2.24, 2.45) is 16.0 Å². The maximum atomic E-state index is 12.6. The second-order valence-corrected chi connectivity index (χ2v) is 8.35. The minimum absolute atomic E-state index is 0.0518. The molecular formula is C22H20N4O2S. The van der Waals surface area contributed by atoms with Crippen molar-refractivity contribution in [3.63, 3.8) is 0 Å². The highest BCUT2D eigenvalue weighted by molar-refractivity contribution is 8.27. The molecule has 0 bridgehead atoms. The fraction of sp³-hybridized carbons (Fsp3) is 0.273. The Morgan fingerprint density at radius 3 is 2.69 bits per heavy atom. The molecule has 3 heterocycles. The predicted octanol–water partition coefficient (Wildman–Crippen LogP) is 5.15. The summed E-state index contributed by atoms with van der Waals surface area (Å²) in [5.41, 5.74) is 1.15. The Bertz CT molecular complexity index is 1060. The largest absolute Gasteiger partial charge is 0.457 e. The van der Waals surface area contributed by atoms with Gasteiger partial charge in [-0.2, -0.15) is 15.1 Å². The number of nitrogens with one attached hydrogen (secondary N) is 1. The fourth-order valence-electron chi connectivity index (χ4n) is 3.85. The van der Waals surface area contributed by atoms with Crippen molar-refractivity contribution in [3.8, 4) is 11.3 Å². The summed E-state index contributed by atoms with van der Waals surface area (Å²) >= 11 is 1.43. The van der Waals surface area contributed by atoms with Crippen LogP contribution in [0, 0.1) is 11.3 Å². The maximum Gasteiger partial charge on any atom is 0.283 e. The first-order valence-electron chi connectivity index (χ1n) is 9.84.